The fraction of sp³-hybridized carbons (Fsp3) is 0.0714. The number of carbonyl (C=O) groups excluding carboxylic acids is 1. The number of hydrogen-bond acceptors (Lipinski definition) is 2. The molecule has 2 aromatic carbocycles. The molecule has 21 heavy (non-hydrogen) atoms. The molecule has 3 N–H and O–H groups in total. The largest absolute Gasteiger partial charge is 0.398 e. The van der Waals surface area contributed by atoms with Gasteiger partial charge in [0, 0.05) is 31.6 Å². The van der Waals surface area contributed by atoms with Gasteiger partial charge in [-0.1, -0.05) is 23.2 Å². The molecule has 0 heterocycles. The van der Waals surface area contributed by atoms with E-state index < -0.39 is 0 Å². The van der Waals surface area contributed by atoms with Gasteiger partial charge in [0.2, 0.25) is 5.91 Å². The SMILES string of the molecule is CC(=O)Nc1cc(Cl)ccc1Br.Nc1cc(Cl)ccc1Br. The Morgan fingerprint density at radius 3 is 2.05 bits per heavy atom. The van der Waals surface area contributed by atoms with Gasteiger partial charge in [-0.2, -0.15) is 0 Å². The lowest BCUT2D eigenvalue weighted by atomic mass is 10.3. The number of nitrogens with one attached hydrogen (secondary N) is 1. The van der Waals surface area contributed by atoms with Crippen LogP contribution in [0.4, 0.5) is 11.4 Å². The van der Waals surface area contributed by atoms with Crippen LogP contribution in [-0.4, -0.2) is 5.91 Å². The molecule has 1 amide bonds. The third-order valence-electron chi connectivity index (χ3n) is 2.20. The summed E-state index contributed by atoms with van der Waals surface area (Å²) >= 11 is 17.9. The smallest absolute Gasteiger partial charge is 0.221 e. The number of anilines is 2. The second kappa shape index (κ2) is 8.63. The molecule has 0 saturated heterocycles. The van der Waals surface area contributed by atoms with Crippen molar-refractivity contribution in [1.82, 2.24) is 0 Å². The van der Waals surface area contributed by atoms with Crippen LogP contribution < -0.4 is 11.1 Å². The van der Waals surface area contributed by atoms with Gasteiger partial charge >= 0.3 is 0 Å². The molecule has 2 aromatic rings. The molecule has 0 saturated carbocycles. The zero-order chi connectivity index (χ0) is 16.0. The highest BCUT2D eigenvalue weighted by Gasteiger charge is 2.01. The number of rotatable bonds is 1. The van der Waals surface area contributed by atoms with Crippen molar-refractivity contribution in [2.24, 2.45) is 0 Å². The van der Waals surface area contributed by atoms with Crippen LogP contribution in [0.2, 0.25) is 10.0 Å². The molecule has 3 nitrogen and oxygen atoms in total. The fourth-order valence-electron chi connectivity index (χ4n) is 1.30. The van der Waals surface area contributed by atoms with Gasteiger partial charge in [-0.25, -0.2) is 0 Å². The van der Waals surface area contributed by atoms with E-state index in [1.165, 1.54) is 6.92 Å². The minimum Gasteiger partial charge on any atom is -0.398 e. The Labute approximate surface area is 150 Å². The fourth-order valence-corrected chi connectivity index (χ4v) is 2.24. The van der Waals surface area contributed by atoms with Crippen LogP contribution in [0, 0.1) is 0 Å². The second-order valence-electron chi connectivity index (χ2n) is 3.97. The molecule has 112 valence electrons. The Kier molecular flexibility index (Phi) is 7.52. The number of nitrogen functional groups attached to an aromatic ring is 1. The summed E-state index contributed by atoms with van der Waals surface area (Å²) in [5.74, 6) is -0.113. The van der Waals surface area contributed by atoms with Crippen molar-refractivity contribution in [2.45, 2.75) is 6.92 Å². The van der Waals surface area contributed by atoms with Crippen molar-refractivity contribution >= 4 is 72.3 Å². The maximum atomic E-state index is 10.7. The third-order valence-corrected chi connectivity index (χ3v) is 4.08. The van der Waals surface area contributed by atoms with Crippen molar-refractivity contribution in [2.75, 3.05) is 11.1 Å². The number of halogens is 4. The van der Waals surface area contributed by atoms with Gasteiger partial charge in [-0.15, -0.1) is 0 Å². The van der Waals surface area contributed by atoms with Gasteiger partial charge in [0.25, 0.3) is 0 Å². The number of benzene rings is 2. The molecule has 0 radical (unpaired) electrons. The number of carbonyl (C=O) groups is 1. The number of amides is 1. The quantitative estimate of drug-likeness (QED) is 0.539. The molecule has 0 spiro atoms. The first-order valence-electron chi connectivity index (χ1n) is 5.72. The molecule has 7 heteroatoms. The van der Waals surface area contributed by atoms with Crippen LogP contribution in [0.5, 0.6) is 0 Å². The van der Waals surface area contributed by atoms with Crippen LogP contribution in [0.25, 0.3) is 0 Å². The van der Waals surface area contributed by atoms with Crippen molar-refractivity contribution in [1.29, 1.82) is 0 Å². The predicted molar refractivity (Wildman–Crippen MR) is 97.0 cm³/mol. The summed E-state index contributed by atoms with van der Waals surface area (Å²) in [6.45, 7) is 1.45. The molecule has 0 unspecified atom stereocenters. The Bertz CT molecular complexity index is 651. The standard InChI is InChI=1S/C8H7BrClNO.C6H5BrClN/c1-5(12)11-8-4-6(10)2-3-7(8)9;7-5-2-1-4(8)3-6(5)9/h2-4H,1H3,(H,11,12);1-3H,9H2. The van der Waals surface area contributed by atoms with Crippen LogP contribution >= 0.6 is 55.1 Å². The summed E-state index contributed by atoms with van der Waals surface area (Å²) in [6.07, 6.45) is 0. The summed E-state index contributed by atoms with van der Waals surface area (Å²) in [5, 5.41) is 3.91. The zero-order valence-corrected chi connectivity index (χ0v) is 15.6. The minimum atomic E-state index is -0.113. The lowest BCUT2D eigenvalue weighted by Crippen LogP contribution is -2.05. The Morgan fingerprint density at radius 2 is 1.57 bits per heavy atom. The summed E-state index contributed by atoms with van der Waals surface area (Å²) in [5.41, 5.74) is 6.85. The van der Waals surface area contributed by atoms with E-state index in [-0.39, 0.29) is 5.91 Å². The molecule has 0 aliphatic carbocycles. The average molecular weight is 455 g/mol. The Balaban J connectivity index is 0.000000219. The van der Waals surface area contributed by atoms with E-state index in [2.05, 4.69) is 37.2 Å². The third kappa shape index (κ3) is 6.70. The highest BCUT2D eigenvalue weighted by molar-refractivity contribution is 9.11. The Morgan fingerprint density at radius 1 is 1.05 bits per heavy atom. The number of hydrogen-bond donors (Lipinski definition) is 2. The van der Waals surface area contributed by atoms with Gasteiger partial charge in [0.05, 0.1) is 5.69 Å². The normalized spacial score (nSPS) is 9.57. The van der Waals surface area contributed by atoms with Gasteiger partial charge in [-0.3, -0.25) is 4.79 Å². The van der Waals surface area contributed by atoms with E-state index in [4.69, 9.17) is 28.9 Å². The maximum Gasteiger partial charge on any atom is 0.221 e. The summed E-state index contributed by atoms with van der Waals surface area (Å²) in [6, 6.07) is 10.5. The van der Waals surface area contributed by atoms with E-state index in [0.717, 1.165) is 8.95 Å². The summed E-state index contributed by atoms with van der Waals surface area (Å²) < 4.78 is 1.70. The average Bonchev–Trinajstić information content (AvgIpc) is 2.39. The summed E-state index contributed by atoms with van der Waals surface area (Å²) in [4.78, 5) is 10.7. The topological polar surface area (TPSA) is 55.1 Å². The van der Waals surface area contributed by atoms with Crippen molar-refractivity contribution in [3.8, 4) is 0 Å². The second-order valence-corrected chi connectivity index (χ2v) is 6.55. The molecular formula is C14H12Br2Cl2N2O. The van der Waals surface area contributed by atoms with E-state index in [1.807, 2.05) is 6.07 Å². The van der Waals surface area contributed by atoms with Crippen molar-refractivity contribution < 1.29 is 4.79 Å². The van der Waals surface area contributed by atoms with Crippen LogP contribution in [-0.2, 0) is 4.79 Å². The van der Waals surface area contributed by atoms with Gasteiger partial charge < -0.3 is 11.1 Å². The lowest BCUT2D eigenvalue weighted by molar-refractivity contribution is -0.114. The maximum absolute atomic E-state index is 10.7. The first-order chi connectivity index (χ1) is 9.79. The molecule has 0 bridgehead atoms. The monoisotopic (exact) mass is 452 g/mol. The highest BCUT2D eigenvalue weighted by atomic mass is 79.9. The predicted octanol–water partition coefficient (Wildman–Crippen LogP) is 5.75. The van der Waals surface area contributed by atoms with Crippen LogP contribution in [0.15, 0.2) is 45.3 Å². The molecule has 0 aliphatic rings. The molecule has 0 atom stereocenters. The van der Waals surface area contributed by atoms with Gasteiger partial charge in [0.15, 0.2) is 0 Å². The lowest BCUT2D eigenvalue weighted by Gasteiger charge is -2.04. The Hall–Kier alpha value is -0.750. The molecule has 0 aromatic heterocycles. The first kappa shape index (κ1) is 18.3. The van der Waals surface area contributed by atoms with Crippen molar-refractivity contribution in [3.05, 3.63) is 55.4 Å². The van der Waals surface area contributed by atoms with E-state index in [0.29, 0.717) is 21.4 Å². The van der Waals surface area contributed by atoms with Gasteiger partial charge in [0.1, 0.15) is 0 Å². The van der Waals surface area contributed by atoms with Crippen molar-refractivity contribution in [3.63, 3.8) is 0 Å². The minimum absolute atomic E-state index is 0.113. The van der Waals surface area contributed by atoms with Gasteiger partial charge in [-0.05, 0) is 68.3 Å². The van der Waals surface area contributed by atoms with E-state index in [9.17, 15) is 4.79 Å². The van der Waals surface area contributed by atoms with E-state index in [1.54, 1.807) is 30.3 Å². The molecular weight excluding hydrogens is 443 g/mol. The van der Waals surface area contributed by atoms with Crippen LogP contribution in [0.1, 0.15) is 6.92 Å². The molecule has 0 fully saturated rings. The van der Waals surface area contributed by atoms with E-state index >= 15 is 0 Å². The zero-order valence-electron chi connectivity index (χ0n) is 11.0. The van der Waals surface area contributed by atoms with Crippen LogP contribution in [0.3, 0.4) is 0 Å². The molecule has 0 aliphatic heterocycles. The highest BCUT2D eigenvalue weighted by Crippen LogP contribution is 2.25. The number of nitrogens with two attached hydrogens (primary N) is 1. The molecule has 2 rings (SSSR count). The summed E-state index contributed by atoms with van der Waals surface area (Å²) in [7, 11) is 0. The first-order valence-corrected chi connectivity index (χ1v) is 8.07.